The van der Waals surface area contributed by atoms with Crippen molar-refractivity contribution >= 4 is 34.0 Å². The molecule has 0 unspecified atom stereocenters. The van der Waals surface area contributed by atoms with E-state index in [4.69, 9.17) is 12.2 Å². The van der Waals surface area contributed by atoms with Crippen LogP contribution in [0.4, 0.5) is 4.39 Å². The van der Waals surface area contributed by atoms with Gasteiger partial charge in [-0.25, -0.2) is 4.39 Å². The van der Waals surface area contributed by atoms with Crippen LogP contribution in [0.25, 0.3) is 21.8 Å². The number of H-pyrrole nitrogens is 1. The normalized spacial score (nSPS) is 11.1. The highest BCUT2D eigenvalue weighted by atomic mass is 32.1. The first-order valence-electron chi connectivity index (χ1n) is 4.96. The smallest absolute Gasteiger partial charge is 0.124 e. The first-order valence-corrected chi connectivity index (χ1v) is 5.37. The summed E-state index contributed by atoms with van der Waals surface area (Å²) in [5.74, 6) is -0.262. The van der Waals surface area contributed by atoms with Crippen LogP contribution in [-0.2, 0) is 0 Å². The Morgan fingerprint density at radius 2 is 1.69 bits per heavy atom. The number of halogens is 1. The van der Waals surface area contributed by atoms with Gasteiger partial charge in [0.2, 0.25) is 0 Å². The van der Waals surface area contributed by atoms with Crippen LogP contribution in [0.1, 0.15) is 0 Å². The van der Waals surface area contributed by atoms with E-state index in [-0.39, 0.29) is 5.82 Å². The summed E-state index contributed by atoms with van der Waals surface area (Å²) in [5.41, 5.74) is 1.84. The minimum absolute atomic E-state index is 0.262. The number of fused-ring (bicyclic) bond motifs is 2. The molecule has 0 aliphatic carbocycles. The van der Waals surface area contributed by atoms with Gasteiger partial charge in [0, 0.05) is 21.8 Å². The molecule has 1 aromatic heterocycles. The van der Waals surface area contributed by atoms with Crippen molar-refractivity contribution in [2.75, 3.05) is 0 Å². The minimum atomic E-state index is -0.262. The fraction of sp³-hybridized carbons (Fsp3) is 0. The lowest BCUT2D eigenvalue weighted by atomic mass is 10.1. The Hall–Kier alpha value is -1.74. The van der Waals surface area contributed by atoms with Crippen molar-refractivity contribution in [1.29, 1.82) is 0 Å². The van der Waals surface area contributed by atoms with Crippen molar-refractivity contribution in [2.45, 2.75) is 0 Å². The molecule has 0 fully saturated rings. The predicted octanol–water partition coefficient (Wildman–Crippen LogP) is 4.19. The molecule has 78 valence electrons. The first kappa shape index (κ1) is 9.48. The van der Waals surface area contributed by atoms with Gasteiger partial charge in [-0.3, -0.25) is 0 Å². The number of pyridine rings is 1. The van der Waals surface area contributed by atoms with Crippen molar-refractivity contribution in [2.24, 2.45) is 0 Å². The lowest BCUT2D eigenvalue weighted by molar-refractivity contribution is 0.629. The quantitative estimate of drug-likeness (QED) is 0.451. The van der Waals surface area contributed by atoms with Crippen LogP contribution >= 0.6 is 12.2 Å². The summed E-state index contributed by atoms with van der Waals surface area (Å²) in [5, 5.41) is 1.71. The summed E-state index contributed by atoms with van der Waals surface area (Å²) < 4.78 is 13.9. The maximum Gasteiger partial charge on any atom is 0.124 e. The summed E-state index contributed by atoms with van der Waals surface area (Å²) in [7, 11) is 0. The van der Waals surface area contributed by atoms with E-state index in [1.54, 1.807) is 6.07 Å². The molecule has 1 N–H and O–H groups in total. The lowest BCUT2D eigenvalue weighted by Gasteiger charge is -2.03. The predicted molar refractivity (Wildman–Crippen MR) is 66.6 cm³/mol. The SMILES string of the molecule is Fc1ccc2[nH]c3ccccc3c(=S)c2c1. The molecule has 16 heavy (non-hydrogen) atoms. The van der Waals surface area contributed by atoms with Crippen LogP contribution in [0.15, 0.2) is 42.5 Å². The standard InChI is InChI=1S/C13H8FNS/c14-8-5-6-12-10(7-8)13(16)9-3-1-2-4-11(9)15-12/h1-7H,(H,15,16). The topological polar surface area (TPSA) is 15.8 Å². The second-order valence-corrected chi connectivity index (χ2v) is 4.10. The van der Waals surface area contributed by atoms with Gasteiger partial charge in [0.25, 0.3) is 0 Å². The van der Waals surface area contributed by atoms with Crippen LogP contribution in [0.2, 0.25) is 0 Å². The number of hydrogen-bond donors (Lipinski definition) is 1. The van der Waals surface area contributed by atoms with Crippen molar-refractivity contribution < 1.29 is 4.39 Å². The Kier molecular flexibility index (Phi) is 2.01. The number of para-hydroxylation sites is 1. The molecule has 0 atom stereocenters. The van der Waals surface area contributed by atoms with E-state index in [0.29, 0.717) is 4.51 Å². The monoisotopic (exact) mass is 229 g/mol. The molecule has 0 aliphatic rings. The average molecular weight is 229 g/mol. The maximum atomic E-state index is 13.2. The second kappa shape index (κ2) is 3.39. The molecule has 3 rings (SSSR count). The average Bonchev–Trinajstić information content (AvgIpc) is 2.31. The first-order chi connectivity index (χ1) is 7.75. The third kappa shape index (κ3) is 1.32. The van der Waals surface area contributed by atoms with Crippen LogP contribution < -0.4 is 0 Å². The van der Waals surface area contributed by atoms with Crippen molar-refractivity contribution in [1.82, 2.24) is 4.98 Å². The Labute approximate surface area is 96.5 Å². The largest absolute Gasteiger partial charge is 0.354 e. The van der Waals surface area contributed by atoms with E-state index >= 15 is 0 Å². The van der Waals surface area contributed by atoms with Gasteiger partial charge >= 0.3 is 0 Å². The van der Waals surface area contributed by atoms with Gasteiger partial charge in [-0.15, -0.1) is 0 Å². The highest BCUT2D eigenvalue weighted by Gasteiger charge is 2.02. The summed E-state index contributed by atoms with van der Waals surface area (Å²) in [6.45, 7) is 0. The van der Waals surface area contributed by atoms with E-state index in [1.807, 2.05) is 24.3 Å². The number of aromatic nitrogens is 1. The molecule has 2 aromatic carbocycles. The van der Waals surface area contributed by atoms with Gasteiger partial charge in [-0.05, 0) is 24.3 Å². The van der Waals surface area contributed by atoms with E-state index < -0.39 is 0 Å². The third-order valence-corrected chi connectivity index (χ3v) is 3.11. The highest BCUT2D eigenvalue weighted by Crippen LogP contribution is 2.22. The molecule has 0 spiro atoms. The van der Waals surface area contributed by atoms with Gasteiger partial charge in [0.05, 0.1) is 4.51 Å². The zero-order chi connectivity index (χ0) is 11.1. The van der Waals surface area contributed by atoms with Crippen LogP contribution in [-0.4, -0.2) is 4.98 Å². The molecule has 3 heteroatoms. The van der Waals surface area contributed by atoms with Gasteiger partial charge < -0.3 is 4.98 Å². The Bertz CT molecular complexity index is 746. The number of benzene rings is 2. The summed E-state index contributed by atoms with van der Waals surface area (Å²) in [4.78, 5) is 3.24. The van der Waals surface area contributed by atoms with Crippen molar-refractivity contribution in [3.05, 3.63) is 52.8 Å². The van der Waals surface area contributed by atoms with Crippen LogP contribution in [0.5, 0.6) is 0 Å². The fourth-order valence-corrected chi connectivity index (χ4v) is 2.24. The number of aromatic amines is 1. The molecule has 3 aromatic rings. The maximum absolute atomic E-state index is 13.2. The van der Waals surface area contributed by atoms with Gasteiger partial charge in [-0.2, -0.15) is 0 Å². The van der Waals surface area contributed by atoms with Gasteiger partial charge in [-0.1, -0.05) is 30.4 Å². The molecule has 1 heterocycles. The molecular formula is C13H8FNS. The van der Waals surface area contributed by atoms with E-state index in [9.17, 15) is 4.39 Å². The minimum Gasteiger partial charge on any atom is -0.354 e. The van der Waals surface area contributed by atoms with Crippen molar-refractivity contribution in [3.63, 3.8) is 0 Å². The van der Waals surface area contributed by atoms with E-state index in [1.165, 1.54) is 12.1 Å². The molecule has 0 saturated carbocycles. The zero-order valence-electron chi connectivity index (χ0n) is 8.33. The number of rotatable bonds is 0. The summed E-state index contributed by atoms with van der Waals surface area (Å²) in [6.07, 6.45) is 0. The molecule has 0 amide bonds. The Morgan fingerprint density at radius 3 is 2.56 bits per heavy atom. The number of nitrogens with one attached hydrogen (secondary N) is 1. The van der Waals surface area contributed by atoms with Crippen LogP contribution in [0.3, 0.4) is 0 Å². The van der Waals surface area contributed by atoms with Crippen molar-refractivity contribution in [3.8, 4) is 0 Å². The molecular weight excluding hydrogens is 221 g/mol. The highest BCUT2D eigenvalue weighted by molar-refractivity contribution is 7.72. The Balaban J connectivity index is 2.61. The van der Waals surface area contributed by atoms with E-state index in [2.05, 4.69) is 4.98 Å². The molecule has 0 saturated heterocycles. The molecule has 0 bridgehead atoms. The third-order valence-electron chi connectivity index (χ3n) is 2.67. The van der Waals surface area contributed by atoms with E-state index in [0.717, 1.165) is 21.8 Å². The second-order valence-electron chi connectivity index (χ2n) is 3.69. The molecule has 0 aliphatic heterocycles. The fourth-order valence-electron chi connectivity index (χ4n) is 1.89. The molecule has 1 nitrogen and oxygen atoms in total. The van der Waals surface area contributed by atoms with Gasteiger partial charge in [0.15, 0.2) is 0 Å². The summed E-state index contributed by atoms with van der Waals surface area (Å²) in [6, 6.07) is 12.4. The molecule has 0 radical (unpaired) electrons. The summed E-state index contributed by atoms with van der Waals surface area (Å²) >= 11 is 5.37. The lowest BCUT2D eigenvalue weighted by Crippen LogP contribution is -1.85. The zero-order valence-corrected chi connectivity index (χ0v) is 9.14. The number of hydrogen-bond acceptors (Lipinski definition) is 1. The van der Waals surface area contributed by atoms with Gasteiger partial charge in [0.1, 0.15) is 5.82 Å². The van der Waals surface area contributed by atoms with Crippen LogP contribution in [0, 0.1) is 10.3 Å². The Morgan fingerprint density at radius 1 is 0.938 bits per heavy atom.